The van der Waals surface area contributed by atoms with Crippen LogP contribution in [0.5, 0.6) is 0 Å². The van der Waals surface area contributed by atoms with Gasteiger partial charge < -0.3 is 28.8 Å². The van der Waals surface area contributed by atoms with E-state index < -0.39 is 30.7 Å². The average Bonchev–Trinajstić information content (AvgIpc) is 2.94. The number of hydrogen-bond donors (Lipinski definition) is 1. The van der Waals surface area contributed by atoms with Crippen LogP contribution in [0.4, 0.5) is 0 Å². The van der Waals surface area contributed by atoms with Crippen molar-refractivity contribution in [3.05, 3.63) is 108 Å². The molecule has 3 aromatic carbocycles. The van der Waals surface area contributed by atoms with E-state index in [9.17, 15) is 5.11 Å². The molecule has 6 nitrogen and oxygen atoms in total. The summed E-state index contributed by atoms with van der Waals surface area (Å²) in [5, 5.41) is 10.2. The third-order valence-corrected chi connectivity index (χ3v) is 5.96. The topological polar surface area (TPSA) is 66.4 Å². The van der Waals surface area contributed by atoms with Crippen molar-refractivity contribution in [3.8, 4) is 12.3 Å². The van der Waals surface area contributed by atoms with Crippen molar-refractivity contribution in [1.29, 1.82) is 0 Å². The molecule has 1 fully saturated rings. The maximum Gasteiger partial charge on any atom is 0.188 e. The van der Waals surface area contributed by atoms with Gasteiger partial charge in [0.05, 0.1) is 26.4 Å². The predicted octanol–water partition coefficient (Wildman–Crippen LogP) is 4.11. The van der Waals surface area contributed by atoms with E-state index >= 15 is 0 Å². The summed E-state index contributed by atoms with van der Waals surface area (Å²) in [6.45, 7) is 0.756. The first-order chi connectivity index (χ1) is 17.8. The van der Waals surface area contributed by atoms with Crippen molar-refractivity contribution in [2.75, 3.05) is 13.2 Å². The van der Waals surface area contributed by atoms with Gasteiger partial charge in [0, 0.05) is 0 Å². The van der Waals surface area contributed by atoms with Gasteiger partial charge in [0.15, 0.2) is 6.29 Å². The molecule has 1 saturated heterocycles. The second-order valence-electron chi connectivity index (χ2n) is 8.52. The Morgan fingerprint density at radius 1 is 0.639 bits per heavy atom. The van der Waals surface area contributed by atoms with E-state index in [4.69, 9.17) is 30.1 Å². The third-order valence-electron chi connectivity index (χ3n) is 5.96. The van der Waals surface area contributed by atoms with Crippen LogP contribution in [0.2, 0.25) is 0 Å². The standard InChI is InChI=1S/C30H32O6/c1-2-18-32-30-29(35-22-25-16-10-5-11-17-25)28(34-21-24-14-8-4-9-15-24)27(26(19-31)36-30)33-20-23-12-6-3-7-13-23/h1,3-17,26-31H,18-22H2/t26-,27-,28+,29+,30+/m1/s1. The zero-order valence-electron chi connectivity index (χ0n) is 20.1. The molecule has 0 spiro atoms. The Balaban J connectivity index is 1.59. The first-order valence-corrected chi connectivity index (χ1v) is 12.1. The Morgan fingerprint density at radius 2 is 1.08 bits per heavy atom. The molecule has 1 heterocycles. The van der Waals surface area contributed by atoms with E-state index in [2.05, 4.69) is 5.92 Å². The lowest BCUT2D eigenvalue weighted by molar-refractivity contribution is -0.324. The Morgan fingerprint density at radius 3 is 1.53 bits per heavy atom. The summed E-state index contributed by atoms with van der Waals surface area (Å²) in [5.41, 5.74) is 3.01. The van der Waals surface area contributed by atoms with Gasteiger partial charge in [-0.3, -0.25) is 0 Å². The maximum atomic E-state index is 10.2. The maximum absolute atomic E-state index is 10.2. The number of ether oxygens (including phenoxy) is 5. The average molecular weight is 489 g/mol. The largest absolute Gasteiger partial charge is 0.394 e. The Labute approximate surface area is 212 Å². The molecule has 0 radical (unpaired) electrons. The van der Waals surface area contributed by atoms with Crippen molar-refractivity contribution in [2.24, 2.45) is 0 Å². The minimum absolute atomic E-state index is 0.0367. The summed E-state index contributed by atoms with van der Waals surface area (Å²) in [7, 11) is 0. The molecular formula is C30H32O6. The molecule has 3 aromatic rings. The quantitative estimate of drug-likeness (QED) is 0.387. The number of terminal acetylenes is 1. The van der Waals surface area contributed by atoms with Crippen molar-refractivity contribution < 1.29 is 28.8 Å². The first kappa shape index (κ1) is 26.1. The first-order valence-electron chi connectivity index (χ1n) is 12.1. The minimum atomic E-state index is -0.834. The number of aliphatic hydroxyl groups excluding tert-OH is 1. The highest BCUT2D eigenvalue weighted by Crippen LogP contribution is 2.31. The lowest BCUT2D eigenvalue weighted by Gasteiger charge is -2.45. The van der Waals surface area contributed by atoms with Crippen LogP contribution in [0.1, 0.15) is 16.7 Å². The number of hydrogen-bond acceptors (Lipinski definition) is 6. The van der Waals surface area contributed by atoms with E-state index in [0.29, 0.717) is 19.8 Å². The molecule has 1 N–H and O–H groups in total. The van der Waals surface area contributed by atoms with Crippen LogP contribution in [0, 0.1) is 12.3 Å². The molecule has 1 aliphatic heterocycles. The summed E-state index contributed by atoms with van der Waals surface area (Å²) < 4.78 is 31.1. The molecule has 0 unspecified atom stereocenters. The SMILES string of the molecule is C#CCO[C@H]1O[C@H](CO)[C@@H](OCc2ccccc2)[C@H](OCc2ccccc2)[C@@H]1OCc1ccccc1. The van der Waals surface area contributed by atoms with E-state index in [-0.39, 0.29) is 13.2 Å². The van der Waals surface area contributed by atoms with Crippen molar-refractivity contribution in [3.63, 3.8) is 0 Å². The zero-order chi connectivity index (χ0) is 25.0. The van der Waals surface area contributed by atoms with Gasteiger partial charge in [-0.25, -0.2) is 0 Å². The summed E-state index contributed by atoms with van der Waals surface area (Å²) in [6.07, 6.45) is 2.09. The highest BCUT2D eigenvalue weighted by Gasteiger charge is 2.48. The zero-order valence-corrected chi connectivity index (χ0v) is 20.1. The summed E-state index contributed by atoms with van der Waals surface area (Å²) in [4.78, 5) is 0. The molecule has 36 heavy (non-hydrogen) atoms. The van der Waals surface area contributed by atoms with Crippen LogP contribution >= 0.6 is 0 Å². The Bertz CT molecular complexity index is 1050. The van der Waals surface area contributed by atoms with Gasteiger partial charge in [0.1, 0.15) is 31.0 Å². The van der Waals surface area contributed by atoms with Crippen LogP contribution in [0.15, 0.2) is 91.0 Å². The van der Waals surface area contributed by atoms with Gasteiger partial charge in [-0.15, -0.1) is 6.42 Å². The molecule has 0 amide bonds. The van der Waals surface area contributed by atoms with E-state index in [0.717, 1.165) is 16.7 Å². The molecule has 1 aliphatic rings. The van der Waals surface area contributed by atoms with Crippen molar-refractivity contribution >= 4 is 0 Å². The summed E-state index contributed by atoms with van der Waals surface area (Å²) >= 11 is 0. The normalized spacial score (nSPS) is 23.7. The minimum Gasteiger partial charge on any atom is -0.394 e. The Kier molecular flexibility index (Phi) is 10.1. The molecule has 0 aliphatic carbocycles. The number of rotatable bonds is 12. The lowest BCUT2D eigenvalue weighted by atomic mass is 9.98. The van der Waals surface area contributed by atoms with Gasteiger partial charge in [0.2, 0.25) is 0 Å². The molecule has 6 heteroatoms. The highest BCUT2D eigenvalue weighted by molar-refractivity contribution is 5.15. The monoisotopic (exact) mass is 488 g/mol. The van der Waals surface area contributed by atoms with Crippen LogP contribution in [-0.4, -0.2) is 49.0 Å². The number of aliphatic hydroxyl groups is 1. The third kappa shape index (κ3) is 7.25. The molecule has 0 saturated carbocycles. The molecule has 4 rings (SSSR count). The van der Waals surface area contributed by atoms with Crippen LogP contribution in [0.3, 0.4) is 0 Å². The Hall–Kier alpha value is -3.02. The number of benzene rings is 3. The molecule has 188 valence electrons. The van der Waals surface area contributed by atoms with Gasteiger partial charge >= 0.3 is 0 Å². The van der Waals surface area contributed by atoms with Crippen LogP contribution in [-0.2, 0) is 43.5 Å². The predicted molar refractivity (Wildman–Crippen MR) is 136 cm³/mol. The van der Waals surface area contributed by atoms with Gasteiger partial charge in [-0.2, -0.15) is 0 Å². The fourth-order valence-electron chi connectivity index (χ4n) is 4.16. The van der Waals surface area contributed by atoms with Crippen molar-refractivity contribution in [1.82, 2.24) is 0 Å². The molecule has 0 bridgehead atoms. The smallest absolute Gasteiger partial charge is 0.188 e. The van der Waals surface area contributed by atoms with Gasteiger partial charge in [-0.1, -0.05) is 96.9 Å². The molecule has 0 aromatic heterocycles. The fourth-order valence-corrected chi connectivity index (χ4v) is 4.16. The highest BCUT2D eigenvalue weighted by atomic mass is 16.7. The second kappa shape index (κ2) is 13.9. The summed E-state index contributed by atoms with van der Waals surface area (Å²) in [5.74, 6) is 2.48. The fraction of sp³-hybridized carbons (Fsp3) is 0.333. The van der Waals surface area contributed by atoms with Crippen LogP contribution < -0.4 is 0 Å². The van der Waals surface area contributed by atoms with E-state index in [1.54, 1.807) is 0 Å². The van der Waals surface area contributed by atoms with E-state index in [1.807, 2.05) is 91.0 Å². The molecule has 5 atom stereocenters. The van der Waals surface area contributed by atoms with Gasteiger partial charge in [0.25, 0.3) is 0 Å². The molecular weight excluding hydrogens is 456 g/mol. The second-order valence-corrected chi connectivity index (χ2v) is 8.52. The summed E-state index contributed by atoms with van der Waals surface area (Å²) in [6, 6.07) is 29.6. The van der Waals surface area contributed by atoms with E-state index in [1.165, 1.54) is 0 Å². The van der Waals surface area contributed by atoms with Crippen molar-refractivity contribution in [2.45, 2.75) is 50.5 Å². The lowest BCUT2D eigenvalue weighted by Crippen LogP contribution is -2.61. The van der Waals surface area contributed by atoms with Gasteiger partial charge in [-0.05, 0) is 16.7 Å². The van der Waals surface area contributed by atoms with Crippen LogP contribution in [0.25, 0.3) is 0 Å².